The number of hydrogen-bond acceptors (Lipinski definition) is 7. The Balaban J connectivity index is 1.42. The molecule has 0 radical (unpaired) electrons. The van der Waals surface area contributed by atoms with Crippen LogP contribution >= 0.6 is 11.6 Å². The number of rotatable bonds is 9. The van der Waals surface area contributed by atoms with E-state index in [2.05, 4.69) is 20.5 Å². The summed E-state index contributed by atoms with van der Waals surface area (Å²) in [6.07, 6.45) is -4.91. The Labute approximate surface area is 234 Å². The van der Waals surface area contributed by atoms with Gasteiger partial charge in [0.15, 0.2) is 17.8 Å². The number of alkyl halides is 3. The van der Waals surface area contributed by atoms with Crippen molar-refractivity contribution in [3.8, 4) is 17.1 Å². The van der Waals surface area contributed by atoms with Crippen LogP contribution in [0.2, 0.25) is 5.02 Å². The highest BCUT2D eigenvalue weighted by Crippen LogP contribution is 2.24. The molecule has 212 valence electrons. The summed E-state index contributed by atoms with van der Waals surface area (Å²) in [5.74, 6) is 0.180. The molecule has 1 atom stereocenters. The molecule has 2 aromatic carbocycles. The summed E-state index contributed by atoms with van der Waals surface area (Å²) in [5.41, 5.74) is 0.0965. The molecule has 0 bridgehead atoms. The van der Waals surface area contributed by atoms with E-state index in [1.54, 1.807) is 36.4 Å². The molecule has 0 unspecified atom stereocenters. The van der Waals surface area contributed by atoms with Gasteiger partial charge in [-0.2, -0.15) is 13.2 Å². The molecule has 0 saturated carbocycles. The number of aliphatic hydroxyl groups excluding tert-OH is 1. The quantitative estimate of drug-likeness (QED) is 0.270. The van der Waals surface area contributed by atoms with E-state index in [4.69, 9.17) is 16.0 Å². The molecule has 0 aliphatic heterocycles. The zero-order chi connectivity index (χ0) is 29.1. The molecule has 0 aliphatic rings. The minimum atomic E-state index is -4.95. The summed E-state index contributed by atoms with van der Waals surface area (Å²) in [7, 11) is 0. The van der Waals surface area contributed by atoms with Crippen LogP contribution in [0.3, 0.4) is 0 Å². The van der Waals surface area contributed by atoms with Crippen molar-refractivity contribution >= 4 is 17.5 Å². The molecule has 0 aliphatic carbocycles. The number of halogens is 4. The van der Waals surface area contributed by atoms with Crippen molar-refractivity contribution in [3.05, 3.63) is 106 Å². The minimum Gasteiger partial charge on any atom is -0.467 e. The Morgan fingerprint density at radius 3 is 2.54 bits per heavy atom. The largest absolute Gasteiger partial charge is 0.467 e. The van der Waals surface area contributed by atoms with Crippen LogP contribution in [0.15, 0.2) is 82.5 Å². The summed E-state index contributed by atoms with van der Waals surface area (Å²) in [5, 5.41) is 21.3. The number of aromatic nitrogens is 6. The van der Waals surface area contributed by atoms with Crippen molar-refractivity contribution in [3.63, 3.8) is 0 Å². The lowest BCUT2D eigenvalue weighted by molar-refractivity contribution is -0.207. The van der Waals surface area contributed by atoms with E-state index in [0.29, 0.717) is 27.6 Å². The first-order chi connectivity index (χ1) is 19.6. The fourth-order valence-electron chi connectivity index (χ4n) is 3.96. The number of amides is 1. The molecule has 3 aromatic heterocycles. The molecule has 5 rings (SSSR count). The molecule has 0 fully saturated rings. The standard InChI is InChI=1S/C26H21ClF3N7O4/c27-17-9-7-16(8-10-17)23-34-36(25(40)35(23)13-21(38)26(28,29)30)14-22-32-15-37(33-22)20-6-2-1-5-19(20)24(39)31-12-18-4-3-11-41-18/h1-11,15,21,38H,12-14H2,(H,31,39)/t21-/m0/s1. The van der Waals surface area contributed by atoms with Crippen LogP contribution in [0, 0.1) is 0 Å². The first-order valence-electron chi connectivity index (χ1n) is 12.1. The Bertz CT molecular complexity index is 1710. The number of furan rings is 1. The maximum atomic E-state index is 13.1. The third kappa shape index (κ3) is 6.23. The van der Waals surface area contributed by atoms with E-state index in [1.165, 1.54) is 41.5 Å². The summed E-state index contributed by atoms with van der Waals surface area (Å²) in [6, 6.07) is 16.0. The first-order valence-corrected chi connectivity index (χ1v) is 12.5. The molecule has 0 saturated heterocycles. The molecular weight excluding hydrogens is 567 g/mol. The average molecular weight is 588 g/mol. The van der Waals surface area contributed by atoms with Gasteiger partial charge in [-0.25, -0.2) is 19.1 Å². The van der Waals surface area contributed by atoms with Crippen LogP contribution in [-0.2, 0) is 19.6 Å². The average Bonchev–Trinajstić information content (AvgIpc) is 3.70. The van der Waals surface area contributed by atoms with Crippen LogP contribution in [0.4, 0.5) is 13.2 Å². The highest BCUT2D eigenvalue weighted by atomic mass is 35.5. The second-order valence-electron chi connectivity index (χ2n) is 8.82. The van der Waals surface area contributed by atoms with Gasteiger partial charge in [-0.15, -0.1) is 10.2 Å². The van der Waals surface area contributed by atoms with E-state index >= 15 is 0 Å². The molecule has 11 nitrogen and oxygen atoms in total. The fourth-order valence-corrected chi connectivity index (χ4v) is 4.08. The highest BCUT2D eigenvalue weighted by Gasteiger charge is 2.39. The normalized spacial score (nSPS) is 12.4. The number of nitrogens with one attached hydrogen (secondary N) is 1. The fraction of sp³-hybridized carbons (Fsp3) is 0.192. The molecule has 3 heterocycles. The lowest BCUT2D eigenvalue weighted by Gasteiger charge is -2.15. The molecule has 1 amide bonds. The number of carbonyl (C=O) groups excluding carboxylic acids is 1. The topological polar surface area (TPSA) is 133 Å². The number of carbonyl (C=O) groups is 1. The predicted octanol–water partition coefficient (Wildman–Crippen LogP) is 3.44. The number of para-hydroxylation sites is 1. The van der Waals surface area contributed by atoms with Crippen molar-refractivity contribution in [1.82, 2.24) is 34.4 Å². The lowest BCUT2D eigenvalue weighted by Crippen LogP contribution is -2.37. The van der Waals surface area contributed by atoms with Crippen molar-refractivity contribution in [2.45, 2.75) is 31.9 Å². The summed E-state index contributed by atoms with van der Waals surface area (Å²) < 4.78 is 47.5. The monoisotopic (exact) mass is 587 g/mol. The van der Waals surface area contributed by atoms with Gasteiger partial charge in [0, 0.05) is 10.6 Å². The van der Waals surface area contributed by atoms with Crippen LogP contribution in [0.1, 0.15) is 21.9 Å². The lowest BCUT2D eigenvalue weighted by atomic mass is 10.1. The zero-order valence-corrected chi connectivity index (χ0v) is 21.7. The van der Waals surface area contributed by atoms with Crippen molar-refractivity contribution in [2.24, 2.45) is 0 Å². The molecule has 0 spiro atoms. The maximum absolute atomic E-state index is 13.1. The first kappa shape index (κ1) is 27.9. The van der Waals surface area contributed by atoms with Gasteiger partial charge in [0.05, 0.1) is 30.6 Å². The number of hydrogen-bond donors (Lipinski definition) is 2. The third-order valence-corrected chi connectivity index (χ3v) is 6.24. The van der Waals surface area contributed by atoms with Gasteiger partial charge < -0.3 is 14.8 Å². The van der Waals surface area contributed by atoms with Crippen molar-refractivity contribution in [1.29, 1.82) is 0 Å². The number of nitrogens with zero attached hydrogens (tertiary/aromatic N) is 6. The Kier molecular flexibility index (Phi) is 7.77. The van der Waals surface area contributed by atoms with Crippen molar-refractivity contribution in [2.75, 3.05) is 0 Å². The molecule has 5 aromatic rings. The Morgan fingerprint density at radius 2 is 1.83 bits per heavy atom. The van der Waals surface area contributed by atoms with Crippen LogP contribution in [-0.4, -0.2) is 52.4 Å². The molecule has 2 N–H and O–H groups in total. The van der Waals surface area contributed by atoms with Gasteiger partial charge in [-0.1, -0.05) is 23.7 Å². The SMILES string of the molecule is O=C(NCc1ccco1)c1ccccc1-n1cnc(Cn2nc(-c3ccc(Cl)cc3)n(C[C@H](O)C(F)(F)F)c2=O)n1. The van der Waals surface area contributed by atoms with E-state index in [1.807, 2.05) is 0 Å². The van der Waals surface area contributed by atoms with Gasteiger partial charge >= 0.3 is 11.9 Å². The number of benzene rings is 2. The summed E-state index contributed by atoms with van der Waals surface area (Å²) in [4.78, 5) is 30.2. The third-order valence-electron chi connectivity index (χ3n) is 5.99. The van der Waals surface area contributed by atoms with Crippen LogP contribution in [0.25, 0.3) is 17.1 Å². The van der Waals surface area contributed by atoms with Gasteiger partial charge in [0.2, 0.25) is 0 Å². The summed E-state index contributed by atoms with van der Waals surface area (Å²) in [6.45, 7) is -1.19. The van der Waals surface area contributed by atoms with E-state index in [0.717, 1.165) is 9.25 Å². The van der Waals surface area contributed by atoms with Gasteiger partial charge in [0.1, 0.15) is 18.6 Å². The smallest absolute Gasteiger partial charge is 0.416 e. The molecular formula is C26H21ClF3N7O4. The summed E-state index contributed by atoms with van der Waals surface area (Å²) >= 11 is 5.92. The Hall–Kier alpha value is -4.69. The predicted molar refractivity (Wildman–Crippen MR) is 139 cm³/mol. The van der Waals surface area contributed by atoms with Crippen LogP contribution in [0.5, 0.6) is 0 Å². The Morgan fingerprint density at radius 1 is 1.07 bits per heavy atom. The van der Waals surface area contributed by atoms with E-state index in [9.17, 15) is 27.9 Å². The van der Waals surface area contributed by atoms with Crippen molar-refractivity contribution < 1.29 is 27.5 Å². The van der Waals surface area contributed by atoms with E-state index in [-0.39, 0.29) is 30.6 Å². The number of aliphatic hydroxyl groups is 1. The zero-order valence-electron chi connectivity index (χ0n) is 21.0. The second-order valence-corrected chi connectivity index (χ2v) is 9.26. The van der Waals surface area contributed by atoms with Gasteiger partial charge in [-0.05, 0) is 48.5 Å². The van der Waals surface area contributed by atoms with E-state index < -0.39 is 24.5 Å². The maximum Gasteiger partial charge on any atom is 0.416 e. The molecule has 15 heteroatoms. The molecule has 41 heavy (non-hydrogen) atoms. The van der Waals surface area contributed by atoms with Gasteiger partial charge in [0.25, 0.3) is 5.91 Å². The van der Waals surface area contributed by atoms with Gasteiger partial charge in [-0.3, -0.25) is 9.36 Å². The van der Waals surface area contributed by atoms with Crippen LogP contribution < -0.4 is 11.0 Å². The minimum absolute atomic E-state index is 0.0987. The second kappa shape index (κ2) is 11.4. The highest BCUT2D eigenvalue weighted by molar-refractivity contribution is 6.30.